The van der Waals surface area contributed by atoms with Gasteiger partial charge in [0.15, 0.2) is 0 Å². The second kappa shape index (κ2) is 8.71. The van der Waals surface area contributed by atoms with Crippen LogP contribution in [0.4, 0.5) is 5.69 Å². The number of anilines is 1. The Bertz CT molecular complexity index is 804. The number of unbranched alkanes of at least 4 members (excludes halogenated alkanes) is 1. The smallest absolute Gasteiger partial charge is 0.259 e. The molecule has 0 radical (unpaired) electrons. The summed E-state index contributed by atoms with van der Waals surface area (Å²) in [5.74, 6) is 1.35. The van der Waals surface area contributed by atoms with Gasteiger partial charge in [0.2, 0.25) is 5.96 Å². The van der Waals surface area contributed by atoms with E-state index in [1.807, 2.05) is 61.6 Å². The van der Waals surface area contributed by atoms with Gasteiger partial charge in [0, 0.05) is 20.0 Å². The van der Waals surface area contributed by atoms with E-state index in [2.05, 4.69) is 11.8 Å². The van der Waals surface area contributed by atoms with Gasteiger partial charge in [-0.15, -0.1) is 0 Å². The third-order valence-corrected chi connectivity index (χ3v) is 4.76. The lowest BCUT2D eigenvalue weighted by atomic mass is 10.1. The Balaban J connectivity index is 1.94. The summed E-state index contributed by atoms with van der Waals surface area (Å²) in [6.45, 7) is 3.01. The van der Waals surface area contributed by atoms with Crippen molar-refractivity contribution in [1.29, 1.82) is 0 Å². The number of hydrogen-bond donors (Lipinski definition) is 0. The standard InChI is InChI=1S/C22H27N3O2/c1-4-5-15-24(2)22-23-18(16-17-11-7-6-8-12-17)21(26)25(22)19-13-9-10-14-20(19)27-3/h6-14,18H,4-5,15-16H2,1-3H3. The number of aliphatic imine (C=N–C) groups is 1. The van der Waals surface area contributed by atoms with Crippen molar-refractivity contribution >= 4 is 17.6 Å². The molecule has 5 heteroatoms. The summed E-state index contributed by atoms with van der Waals surface area (Å²) in [5.41, 5.74) is 1.85. The topological polar surface area (TPSA) is 45.1 Å². The summed E-state index contributed by atoms with van der Waals surface area (Å²) < 4.78 is 5.50. The molecule has 1 unspecified atom stereocenters. The molecule has 0 saturated heterocycles. The Hall–Kier alpha value is -2.82. The van der Waals surface area contributed by atoms with Gasteiger partial charge >= 0.3 is 0 Å². The van der Waals surface area contributed by atoms with Crippen LogP contribution in [-0.4, -0.2) is 43.5 Å². The molecule has 1 aliphatic heterocycles. The number of nitrogens with zero attached hydrogens (tertiary/aromatic N) is 3. The number of methoxy groups -OCH3 is 1. The van der Waals surface area contributed by atoms with Crippen LogP contribution >= 0.6 is 0 Å². The quantitative estimate of drug-likeness (QED) is 0.751. The van der Waals surface area contributed by atoms with Gasteiger partial charge in [-0.05, 0) is 24.1 Å². The molecule has 2 aromatic rings. The molecular formula is C22H27N3O2. The molecular weight excluding hydrogens is 338 g/mol. The van der Waals surface area contributed by atoms with Crippen LogP contribution in [0.2, 0.25) is 0 Å². The van der Waals surface area contributed by atoms with Crippen LogP contribution < -0.4 is 9.64 Å². The van der Waals surface area contributed by atoms with E-state index >= 15 is 0 Å². The first kappa shape index (κ1) is 19.0. The summed E-state index contributed by atoms with van der Waals surface area (Å²) in [6.07, 6.45) is 2.73. The molecule has 0 spiro atoms. The highest BCUT2D eigenvalue weighted by Gasteiger charge is 2.38. The maximum absolute atomic E-state index is 13.3. The van der Waals surface area contributed by atoms with E-state index in [4.69, 9.17) is 9.73 Å². The summed E-state index contributed by atoms with van der Waals surface area (Å²) in [7, 11) is 3.62. The molecule has 1 aliphatic rings. The number of rotatable bonds is 7. The van der Waals surface area contributed by atoms with Crippen LogP contribution in [0.25, 0.3) is 0 Å². The molecule has 1 atom stereocenters. The van der Waals surface area contributed by atoms with Crippen LogP contribution in [0.5, 0.6) is 5.75 Å². The lowest BCUT2D eigenvalue weighted by Crippen LogP contribution is -2.44. The Morgan fingerprint density at radius 2 is 1.81 bits per heavy atom. The predicted molar refractivity (Wildman–Crippen MR) is 109 cm³/mol. The highest BCUT2D eigenvalue weighted by atomic mass is 16.5. The largest absolute Gasteiger partial charge is 0.495 e. The monoisotopic (exact) mass is 365 g/mol. The van der Waals surface area contributed by atoms with Crippen LogP contribution in [-0.2, 0) is 11.2 Å². The lowest BCUT2D eigenvalue weighted by molar-refractivity contribution is -0.118. The van der Waals surface area contributed by atoms with Gasteiger partial charge in [0.05, 0.1) is 12.8 Å². The average molecular weight is 365 g/mol. The highest BCUT2D eigenvalue weighted by Crippen LogP contribution is 2.32. The van der Waals surface area contributed by atoms with Crippen molar-refractivity contribution in [2.75, 3.05) is 25.6 Å². The van der Waals surface area contributed by atoms with Crippen molar-refractivity contribution in [3.05, 3.63) is 60.2 Å². The molecule has 3 rings (SSSR count). The van der Waals surface area contributed by atoms with Gasteiger partial charge in [0.25, 0.3) is 5.91 Å². The van der Waals surface area contributed by atoms with E-state index in [0.29, 0.717) is 18.1 Å². The molecule has 1 amide bonds. The first-order valence-corrected chi connectivity index (χ1v) is 9.45. The van der Waals surface area contributed by atoms with E-state index in [1.165, 1.54) is 0 Å². The van der Waals surface area contributed by atoms with Crippen molar-refractivity contribution in [3.63, 3.8) is 0 Å². The number of carbonyl (C=O) groups is 1. The van der Waals surface area contributed by atoms with Crippen molar-refractivity contribution in [2.45, 2.75) is 32.2 Å². The SMILES string of the molecule is CCCCN(C)C1=NC(Cc2ccccc2)C(=O)N1c1ccccc1OC. The minimum absolute atomic E-state index is 0.0123. The molecule has 1 heterocycles. The second-order valence-electron chi connectivity index (χ2n) is 6.76. The predicted octanol–water partition coefficient (Wildman–Crippen LogP) is 3.74. The Kier molecular flexibility index (Phi) is 6.12. The van der Waals surface area contributed by atoms with E-state index in [0.717, 1.165) is 30.6 Å². The molecule has 2 aromatic carbocycles. The number of amides is 1. The second-order valence-corrected chi connectivity index (χ2v) is 6.76. The Labute approximate surface area is 161 Å². The number of benzene rings is 2. The van der Waals surface area contributed by atoms with Crippen LogP contribution in [0, 0.1) is 0 Å². The van der Waals surface area contributed by atoms with Crippen LogP contribution in [0.3, 0.4) is 0 Å². The average Bonchev–Trinajstić information content (AvgIpc) is 3.03. The van der Waals surface area contributed by atoms with Gasteiger partial charge in [-0.2, -0.15) is 0 Å². The molecule has 5 nitrogen and oxygen atoms in total. The number of hydrogen-bond acceptors (Lipinski definition) is 4. The van der Waals surface area contributed by atoms with Crippen molar-refractivity contribution in [3.8, 4) is 5.75 Å². The number of guanidine groups is 1. The molecule has 0 fully saturated rings. The third-order valence-electron chi connectivity index (χ3n) is 4.76. The van der Waals surface area contributed by atoms with Crippen molar-refractivity contribution in [2.24, 2.45) is 4.99 Å². The molecule has 0 aliphatic carbocycles. The van der Waals surface area contributed by atoms with Crippen LogP contribution in [0.15, 0.2) is 59.6 Å². The van der Waals surface area contributed by atoms with E-state index in [1.54, 1.807) is 12.0 Å². The zero-order valence-electron chi connectivity index (χ0n) is 16.3. The van der Waals surface area contributed by atoms with Gasteiger partial charge in [0.1, 0.15) is 11.8 Å². The van der Waals surface area contributed by atoms with Gasteiger partial charge < -0.3 is 9.64 Å². The Morgan fingerprint density at radius 1 is 1.11 bits per heavy atom. The van der Waals surface area contributed by atoms with E-state index < -0.39 is 6.04 Å². The fourth-order valence-corrected chi connectivity index (χ4v) is 3.28. The molecule has 0 saturated carbocycles. The normalized spacial score (nSPS) is 16.4. The van der Waals surface area contributed by atoms with Gasteiger partial charge in [-0.1, -0.05) is 55.8 Å². The zero-order valence-corrected chi connectivity index (χ0v) is 16.3. The maximum Gasteiger partial charge on any atom is 0.259 e. The molecule has 27 heavy (non-hydrogen) atoms. The lowest BCUT2D eigenvalue weighted by Gasteiger charge is -2.27. The summed E-state index contributed by atoms with van der Waals surface area (Å²) in [4.78, 5) is 21.9. The third kappa shape index (κ3) is 4.13. The molecule has 0 N–H and O–H groups in total. The first-order valence-electron chi connectivity index (χ1n) is 9.45. The van der Waals surface area contributed by atoms with E-state index in [-0.39, 0.29) is 5.91 Å². The molecule has 142 valence electrons. The fourth-order valence-electron chi connectivity index (χ4n) is 3.28. The fraction of sp³-hybridized carbons (Fsp3) is 0.364. The van der Waals surface area contributed by atoms with Crippen molar-refractivity contribution in [1.82, 2.24) is 4.90 Å². The van der Waals surface area contributed by atoms with Crippen LogP contribution in [0.1, 0.15) is 25.3 Å². The Morgan fingerprint density at radius 3 is 2.52 bits per heavy atom. The maximum atomic E-state index is 13.3. The number of para-hydroxylation sites is 2. The summed E-state index contributed by atoms with van der Waals surface area (Å²) in [5, 5.41) is 0. The minimum Gasteiger partial charge on any atom is -0.495 e. The number of ether oxygens (including phenoxy) is 1. The molecule has 0 bridgehead atoms. The van der Waals surface area contributed by atoms with E-state index in [9.17, 15) is 4.79 Å². The van der Waals surface area contributed by atoms with Gasteiger partial charge in [-0.3, -0.25) is 4.79 Å². The minimum atomic E-state index is -0.420. The first-order chi connectivity index (χ1) is 13.2. The summed E-state index contributed by atoms with van der Waals surface area (Å²) in [6, 6.07) is 17.2. The zero-order chi connectivity index (χ0) is 19.2. The summed E-state index contributed by atoms with van der Waals surface area (Å²) >= 11 is 0. The highest BCUT2D eigenvalue weighted by molar-refractivity contribution is 6.22. The van der Waals surface area contributed by atoms with Gasteiger partial charge in [-0.25, -0.2) is 9.89 Å². The van der Waals surface area contributed by atoms with Crippen molar-refractivity contribution < 1.29 is 9.53 Å². The number of carbonyl (C=O) groups excluding carboxylic acids is 1. The molecule has 0 aromatic heterocycles.